The molecule has 2 rings (SSSR count). The third kappa shape index (κ3) is 1.83. The summed E-state index contributed by atoms with van der Waals surface area (Å²) in [4.78, 5) is 4.14. The maximum atomic E-state index is 5.99. The minimum Gasteiger partial charge on any atom is -0.475 e. The highest BCUT2D eigenvalue weighted by atomic mass is 35.5. The molecule has 74 valence electrons. The second-order valence-electron chi connectivity index (χ2n) is 2.78. The Morgan fingerprint density at radius 1 is 1.14 bits per heavy atom. The van der Waals surface area contributed by atoms with Crippen molar-refractivity contribution in [3.8, 4) is 0 Å². The fraction of sp³-hybridized carbons (Fsp3) is 0.222. The van der Waals surface area contributed by atoms with Crippen molar-refractivity contribution in [1.82, 2.24) is 0 Å². The molecule has 14 heavy (non-hydrogen) atoms. The van der Waals surface area contributed by atoms with Gasteiger partial charge in [0.15, 0.2) is 0 Å². The van der Waals surface area contributed by atoms with Crippen LogP contribution in [0.3, 0.4) is 0 Å². The number of hydrogen-bond donors (Lipinski definition) is 0. The van der Waals surface area contributed by atoms with Crippen LogP contribution < -0.4 is 0 Å². The summed E-state index contributed by atoms with van der Waals surface area (Å²) in [5.41, 5.74) is 0.621. The lowest BCUT2D eigenvalue weighted by molar-refractivity contribution is 0.348. The van der Waals surface area contributed by atoms with E-state index in [4.69, 9.17) is 39.5 Å². The Kier molecular flexibility index (Phi) is 2.86. The van der Waals surface area contributed by atoms with E-state index in [1.165, 1.54) is 0 Å². The lowest BCUT2D eigenvalue weighted by Gasteiger charge is -2.06. The zero-order valence-electron chi connectivity index (χ0n) is 7.06. The molecule has 0 bridgehead atoms. The predicted molar refractivity (Wildman–Crippen MR) is 58.8 cm³/mol. The number of nitrogens with zero attached hydrogens (tertiary/aromatic N) is 1. The standard InChI is InChI=1S/C9H6Cl3NO/c10-5-3-6(11)8(7(12)4-5)9-13-1-2-14-9/h3-4H,1-2H2. The Bertz CT molecular complexity index is 380. The van der Waals surface area contributed by atoms with Gasteiger partial charge in [-0.25, -0.2) is 4.99 Å². The van der Waals surface area contributed by atoms with Gasteiger partial charge in [0, 0.05) is 5.02 Å². The summed E-state index contributed by atoms with van der Waals surface area (Å²) in [6, 6.07) is 3.24. The zero-order chi connectivity index (χ0) is 10.1. The lowest BCUT2D eigenvalue weighted by atomic mass is 10.2. The highest BCUT2D eigenvalue weighted by molar-refractivity contribution is 6.42. The second-order valence-corrected chi connectivity index (χ2v) is 4.03. The Hall–Kier alpha value is -0.440. The first-order valence-electron chi connectivity index (χ1n) is 4.00. The molecular formula is C9H6Cl3NO. The van der Waals surface area contributed by atoms with E-state index < -0.39 is 0 Å². The van der Waals surface area contributed by atoms with Crippen LogP contribution in [0.2, 0.25) is 15.1 Å². The van der Waals surface area contributed by atoms with Crippen molar-refractivity contribution in [3.05, 3.63) is 32.8 Å². The number of ether oxygens (including phenoxy) is 1. The molecule has 0 atom stereocenters. The van der Waals surface area contributed by atoms with Gasteiger partial charge in [0.1, 0.15) is 6.61 Å². The molecule has 0 radical (unpaired) electrons. The van der Waals surface area contributed by atoms with E-state index in [-0.39, 0.29) is 0 Å². The summed E-state index contributed by atoms with van der Waals surface area (Å²) in [5.74, 6) is 0.497. The van der Waals surface area contributed by atoms with Gasteiger partial charge in [0.05, 0.1) is 22.2 Å². The molecule has 0 unspecified atom stereocenters. The van der Waals surface area contributed by atoms with Crippen LogP contribution >= 0.6 is 34.8 Å². The van der Waals surface area contributed by atoms with Gasteiger partial charge in [-0.05, 0) is 12.1 Å². The first-order valence-corrected chi connectivity index (χ1v) is 5.14. The summed E-state index contributed by atoms with van der Waals surface area (Å²) in [7, 11) is 0. The largest absolute Gasteiger partial charge is 0.475 e. The van der Waals surface area contributed by atoms with Crippen molar-refractivity contribution in [3.63, 3.8) is 0 Å². The van der Waals surface area contributed by atoms with Crippen LogP contribution in [0.4, 0.5) is 0 Å². The molecule has 0 N–H and O–H groups in total. The lowest BCUT2D eigenvalue weighted by Crippen LogP contribution is -2.02. The van der Waals surface area contributed by atoms with Crippen LogP contribution in [0.5, 0.6) is 0 Å². The van der Waals surface area contributed by atoms with Gasteiger partial charge in [0.2, 0.25) is 5.90 Å². The Balaban J connectivity index is 2.52. The Morgan fingerprint density at radius 2 is 1.79 bits per heavy atom. The van der Waals surface area contributed by atoms with E-state index in [1.807, 2.05) is 0 Å². The number of rotatable bonds is 1. The number of aliphatic imine (C=N–C) groups is 1. The molecule has 1 heterocycles. The van der Waals surface area contributed by atoms with Crippen molar-refractivity contribution < 1.29 is 4.74 Å². The molecular weight excluding hydrogens is 244 g/mol. The molecule has 0 fully saturated rings. The average Bonchev–Trinajstić information content (AvgIpc) is 2.54. The van der Waals surface area contributed by atoms with Crippen LogP contribution in [0.15, 0.2) is 17.1 Å². The van der Waals surface area contributed by atoms with Crippen molar-refractivity contribution in [1.29, 1.82) is 0 Å². The SMILES string of the molecule is Clc1cc(Cl)c(C2=NCCO2)c(Cl)c1. The molecule has 0 saturated heterocycles. The van der Waals surface area contributed by atoms with Gasteiger partial charge >= 0.3 is 0 Å². The van der Waals surface area contributed by atoms with Crippen LogP contribution in [0, 0.1) is 0 Å². The minimum absolute atomic E-state index is 0.461. The molecule has 0 amide bonds. The summed E-state index contributed by atoms with van der Waals surface area (Å²) in [5, 5.41) is 1.42. The van der Waals surface area contributed by atoms with Crippen LogP contribution in [0.25, 0.3) is 0 Å². The van der Waals surface area contributed by atoms with Gasteiger partial charge in [-0.15, -0.1) is 0 Å². The quantitative estimate of drug-likeness (QED) is 0.748. The fourth-order valence-corrected chi connectivity index (χ4v) is 2.21. The Morgan fingerprint density at radius 3 is 2.29 bits per heavy atom. The normalized spacial score (nSPS) is 15.2. The molecule has 1 aliphatic rings. The van der Waals surface area contributed by atoms with E-state index in [2.05, 4.69) is 4.99 Å². The minimum atomic E-state index is 0.461. The third-order valence-corrected chi connectivity index (χ3v) is 2.62. The van der Waals surface area contributed by atoms with Crippen LogP contribution in [-0.2, 0) is 4.74 Å². The summed E-state index contributed by atoms with van der Waals surface area (Å²) in [6.45, 7) is 1.22. The molecule has 1 aromatic carbocycles. The molecule has 0 aromatic heterocycles. The van der Waals surface area contributed by atoms with Crippen LogP contribution in [-0.4, -0.2) is 19.0 Å². The van der Waals surface area contributed by atoms with Crippen molar-refractivity contribution in [2.45, 2.75) is 0 Å². The molecule has 1 aromatic rings. The van der Waals surface area contributed by atoms with E-state index in [9.17, 15) is 0 Å². The molecule has 2 nitrogen and oxygen atoms in total. The molecule has 1 aliphatic heterocycles. The molecule has 0 saturated carbocycles. The maximum Gasteiger partial charge on any atom is 0.219 e. The van der Waals surface area contributed by atoms with Crippen molar-refractivity contribution in [2.75, 3.05) is 13.2 Å². The Labute approximate surface area is 96.4 Å². The highest BCUT2D eigenvalue weighted by Crippen LogP contribution is 2.30. The third-order valence-electron chi connectivity index (χ3n) is 1.81. The number of benzene rings is 1. The number of halogens is 3. The highest BCUT2D eigenvalue weighted by Gasteiger charge is 2.18. The smallest absolute Gasteiger partial charge is 0.219 e. The second kappa shape index (κ2) is 3.97. The summed E-state index contributed by atoms with van der Waals surface area (Å²) < 4.78 is 5.28. The van der Waals surface area contributed by atoms with E-state index in [0.717, 1.165) is 0 Å². The van der Waals surface area contributed by atoms with Crippen molar-refractivity contribution >= 4 is 40.7 Å². The first kappa shape index (κ1) is 10.1. The van der Waals surface area contributed by atoms with Gasteiger partial charge in [-0.1, -0.05) is 34.8 Å². The summed E-state index contributed by atoms with van der Waals surface area (Å²) in [6.07, 6.45) is 0. The molecule has 0 spiro atoms. The molecule has 0 aliphatic carbocycles. The summed E-state index contributed by atoms with van der Waals surface area (Å²) >= 11 is 17.7. The van der Waals surface area contributed by atoms with Gasteiger partial charge in [-0.3, -0.25) is 0 Å². The topological polar surface area (TPSA) is 21.6 Å². The van der Waals surface area contributed by atoms with Gasteiger partial charge < -0.3 is 4.74 Å². The first-order chi connectivity index (χ1) is 6.68. The van der Waals surface area contributed by atoms with Gasteiger partial charge in [0.25, 0.3) is 0 Å². The fourth-order valence-electron chi connectivity index (χ4n) is 1.23. The average molecular weight is 251 g/mol. The van der Waals surface area contributed by atoms with Gasteiger partial charge in [-0.2, -0.15) is 0 Å². The predicted octanol–water partition coefficient (Wildman–Crippen LogP) is 3.42. The van der Waals surface area contributed by atoms with E-state index in [1.54, 1.807) is 12.1 Å². The van der Waals surface area contributed by atoms with E-state index in [0.29, 0.717) is 39.7 Å². The zero-order valence-corrected chi connectivity index (χ0v) is 9.33. The van der Waals surface area contributed by atoms with Crippen molar-refractivity contribution in [2.24, 2.45) is 4.99 Å². The molecule has 5 heteroatoms. The monoisotopic (exact) mass is 249 g/mol. The maximum absolute atomic E-state index is 5.99. The number of hydrogen-bond acceptors (Lipinski definition) is 2. The van der Waals surface area contributed by atoms with E-state index >= 15 is 0 Å². The van der Waals surface area contributed by atoms with Crippen LogP contribution in [0.1, 0.15) is 5.56 Å².